The van der Waals surface area contributed by atoms with Gasteiger partial charge in [0.05, 0.1) is 5.56 Å². The Bertz CT molecular complexity index is 902. The van der Waals surface area contributed by atoms with Gasteiger partial charge in [0.1, 0.15) is 0 Å². The minimum atomic E-state index is -4.29. The lowest BCUT2D eigenvalue weighted by molar-refractivity contribution is -0.137. The maximum absolute atomic E-state index is 12.8. The van der Waals surface area contributed by atoms with E-state index in [0.29, 0.717) is 6.42 Å². The van der Waals surface area contributed by atoms with Crippen molar-refractivity contribution in [1.82, 2.24) is 4.67 Å². The molecule has 0 saturated carbocycles. The predicted octanol–water partition coefficient (Wildman–Crippen LogP) is 6.64. The van der Waals surface area contributed by atoms with Crippen LogP contribution >= 0.6 is 9.39 Å². The van der Waals surface area contributed by atoms with Gasteiger partial charge in [-0.05, 0) is 47.7 Å². The summed E-state index contributed by atoms with van der Waals surface area (Å²) in [5, 5.41) is 2.45. The highest BCUT2D eigenvalue weighted by atomic mass is 31.0. The van der Waals surface area contributed by atoms with Crippen LogP contribution in [-0.2, 0) is 12.6 Å². The molecule has 0 fully saturated rings. The van der Waals surface area contributed by atoms with E-state index in [1.54, 1.807) is 6.07 Å². The summed E-state index contributed by atoms with van der Waals surface area (Å²) < 4.78 is 40.7. The first kappa shape index (κ1) is 19.9. The number of rotatable bonds is 6. The largest absolute Gasteiger partial charge is 0.416 e. The number of hydrogen-bond acceptors (Lipinski definition) is 1. The Morgan fingerprint density at radius 2 is 1.67 bits per heavy atom. The quantitative estimate of drug-likeness (QED) is 0.427. The van der Waals surface area contributed by atoms with E-state index >= 15 is 0 Å². The molecule has 1 unspecified atom stereocenters. The van der Waals surface area contributed by atoms with Gasteiger partial charge in [-0.15, -0.1) is 0 Å². The molecule has 1 nitrogen and oxygen atoms in total. The van der Waals surface area contributed by atoms with Crippen molar-refractivity contribution in [1.29, 1.82) is 0 Å². The van der Waals surface area contributed by atoms with Gasteiger partial charge in [0.25, 0.3) is 0 Å². The molecule has 0 amide bonds. The van der Waals surface area contributed by atoms with Crippen molar-refractivity contribution in [2.45, 2.75) is 32.0 Å². The summed E-state index contributed by atoms with van der Waals surface area (Å²) in [6.07, 6.45) is -2.87. The standard InChI is InChI=1S/C22H23F3NP/c1-16(20-13-5-10-18-9-2-3-12-21(18)20)26(27)14-6-8-17-7-4-11-19(15-17)22(23,24)25/h2-5,7,9-13,15-16H,6,8,14,27H2,1H3/t16-/m1/s1. The molecular weight excluding hydrogens is 366 g/mol. The van der Waals surface area contributed by atoms with Gasteiger partial charge in [-0.1, -0.05) is 70.1 Å². The molecule has 2 atom stereocenters. The highest BCUT2D eigenvalue weighted by Gasteiger charge is 2.30. The van der Waals surface area contributed by atoms with Crippen LogP contribution in [0.25, 0.3) is 10.8 Å². The third kappa shape index (κ3) is 4.88. The molecule has 27 heavy (non-hydrogen) atoms. The van der Waals surface area contributed by atoms with E-state index in [0.717, 1.165) is 24.6 Å². The van der Waals surface area contributed by atoms with Gasteiger partial charge >= 0.3 is 6.18 Å². The SMILES string of the molecule is C[C@H](c1cccc2ccccc12)N(P)CCCc1cccc(C(F)(F)F)c1. The Kier molecular flexibility index (Phi) is 6.18. The monoisotopic (exact) mass is 389 g/mol. The minimum absolute atomic E-state index is 0.197. The van der Waals surface area contributed by atoms with Crippen LogP contribution in [-0.4, -0.2) is 11.2 Å². The van der Waals surface area contributed by atoms with Crippen molar-refractivity contribution >= 4 is 20.2 Å². The lowest BCUT2D eigenvalue weighted by atomic mass is 9.99. The summed E-state index contributed by atoms with van der Waals surface area (Å²) in [7, 11) is 2.77. The van der Waals surface area contributed by atoms with Crippen LogP contribution in [0.4, 0.5) is 13.2 Å². The lowest BCUT2D eigenvalue weighted by Crippen LogP contribution is -2.18. The zero-order chi connectivity index (χ0) is 19.4. The van der Waals surface area contributed by atoms with E-state index in [-0.39, 0.29) is 6.04 Å². The van der Waals surface area contributed by atoms with Crippen molar-refractivity contribution in [2.75, 3.05) is 6.54 Å². The maximum atomic E-state index is 12.8. The Labute approximate surface area is 160 Å². The summed E-state index contributed by atoms with van der Waals surface area (Å²) in [5.41, 5.74) is 1.40. The molecule has 0 spiro atoms. The van der Waals surface area contributed by atoms with E-state index in [4.69, 9.17) is 0 Å². The molecule has 0 aliphatic rings. The van der Waals surface area contributed by atoms with Gasteiger partial charge in [0.15, 0.2) is 0 Å². The van der Waals surface area contributed by atoms with Crippen LogP contribution in [0.15, 0.2) is 66.7 Å². The van der Waals surface area contributed by atoms with E-state index < -0.39 is 11.7 Å². The average Bonchev–Trinajstić information content (AvgIpc) is 2.66. The highest BCUT2D eigenvalue weighted by molar-refractivity contribution is 7.13. The normalized spacial score (nSPS) is 13.3. The first-order valence-corrected chi connectivity index (χ1v) is 9.53. The van der Waals surface area contributed by atoms with Crippen molar-refractivity contribution < 1.29 is 13.2 Å². The number of fused-ring (bicyclic) bond motifs is 1. The maximum Gasteiger partial charge on any atom is 0.416 e. The Morgan fingerprint density at radius 3 is 2.44 bits per heavy atom. The summed E-state index contributed by atoms with van der Waals surface area (Å²) in [5.74, 6) is 0. The molecular formula is C22H23F3NP. The molecule has 0 aromatic heterocycles. The molecule has 0 saturated heterocycles. The van der Waals surface area contributed by atoms with Crippen LogP contribution in [0.2, 0.25) is 0 Å². The molecule has 0 radical (unpaired) electrons. The summed E-state index contributed by atoms with van der Waals surface area (Å²) >= 11 is 0. The van der Waals surface area contributed by atoms with Gasteiger partial charge in [-0.2, -0.15) is 13.2 Å². The zero-order valence-electron chi connectivity index (χ0n) is 15.2. The van der Waals surface area contributed by atoms with Crippen LogP contribution in [0.1, 0.15) is 36.1 Å². The van der Waals surface area contributed by atoms with Gasteiger partial charge < -0.3 is 0 Å². The second kappa shape index (κ2) is 8.41. The van der Waals surface area contributed by atoms with E-state index in [1.165, 1.54) is 28.5 Å². The minimum Gasteiger partial charge on any atom is -0.280 e. The van der Waals surface area contributed by atoms with Gasteiger partial charge in [-0.3, -0.25) is 4.67 Å². The van der Waals surface area contributed by atoms with Crippen molar-refractivity contribution in [3.63, 3.8) is 0 Å². The second-order valence-corrected chi connectivity index (χ2v) is 7.45. The average molecular weight is 389 g/mol. The fourth-order valence-electron chi connectivity index (χ4n) is 3.36. The third-order valence-electron chi connectivity index (χ3n) is 4.91. The highest BCUT2D eigenvalue weighted by Crippen LogP contribution is 2.31. The predicted molar refractivity (Wildman–Crippen MR) is 109 cm³/mol. The molecule has 0 aliphatic heterocycles. The molecule has 0 bridgehead atoms. The lowest BCUT2D eigenvalue weighted by Gasteiger charge is -2.26. The molecule has 5 heteroatoms. The molecule has 3 rings (SSSR count). The second-order valence-electron chi connectivity index (χ2n) is 6.78. The summed E-state index contributed by atoms with van der Waals surface area (Å²) in [4.78, 5) is 0. The summed E-state index contributed by atoms with van der Waals surface area (Å²) in [6, 6.07) is 20.4. The van der Waals surface area contributed by atoms with Crippen LogP contribution < -0.4 is 0 Å². The fraction of sp³-hybridized carbons (Fsp3) is 0.273. The van der Waals surface area contributed by atoms with E-state index in [2.05, 4.69) is 51.3 Å². The van der Waals surface area contributed by atoms with Gasteiger partial charge in [-0.25, -0.2) is 0 Å². The molecule has 0 aliphatic carbocycles. The Hall–Kier alpha value is -1.90. The topological polar surface area (TPSA) is 3.24 Å². The number of alkyl halides is 3. The summed E-state index contributed by atoms with van der Waals surface area (Å²) in [6.45, 7) is 2.93. The van der Waals surface area contributed by atoms with E-state index in [1.807, 2.05) is 12.1 Å². The Morgan fingerprint density at radius 1 is 0.963 bits per heavy atom. The molecule has 3 aromatic carbocycles. The first-order valence-electron chi connectivity index (χ1n) is 9.01. The number of aryl methyl sites for hydroxylation is 1. The van der Waals surface area contributed by atoms with E-state index in [9.17, 15) is 13.2 Å². The zero-order valence-corrected chi connectivity index (χ0v) is 16.4. The van der Waals surface area contributed by atoms with Crippen molar-refractivity contribution in [3.8, 4) is 0 Å². The van der Waals surface area contributed by atoms with Crippen LogP contribution in [0, 0.1) is 0 Å². The number of hydrogen-bond donors (Lipinski definition) is 0. The van der Waals surface area contributed by atoms with Gasteiger partial charge in [0.2, 0.25) is 0 Å². The molecule has 142 valence electrons. The smallest absolute Gasteiger partial charge is 0.280 e. The third-order valence-corrected chi connectivity index (χ3v) is 5.61. The Balaban J connectivity index is 1.63. The molecule has 0 heterocycles. The molecule has 0 N–H and O–H groups in total. The van der Waals surface area contributed by atoms with Crippen molar-refractivity contribution in [2.24, 2.45) is 0 Å². The first-order chi connectivity index (χ1) is 12.9. The fourth-order valence-corrected chi connectivity index (χ4v) is 3.70. The molecule has 3 aromatic rings. The van der Waals surface area contributed by atoms with Crippen molar-refractivity contribution in [3.05, 3.63) is 83.4 Å². The van der Waals surface area contributed by atoms with Gasteiger partial charge in [0, 0.05) is 12.6 Å². The number of nitrogens with zero attached hydrogens (tertiary/aromatic N) is 1. The number of halogens is 3. The van der Waals surface area contributed by atoms with Crippen LogP contribution in [0.3, 0.4) is 0 Å². The van der Waals surface area contributed by atoms with Crippen LogP contribution in [0.5, 0.6) is 0 Å². The number of benzene rings is 3.